The lowest BCUT2D eigenvalue weighted by molar-refractivity contribution is 0.340. The van der Waals surface area contributed by atoms with E-state index in [0.717, 1.165) is 10.6 Å². The number of anilines is 2. The zero-order valence-electron chi connectivity index (χ0n) is 14.5. The van der Waals surface area contributed by atoms with Gasteiger partial charge in [-0.2, -0.15) is 0 Å². The van der Waals surface area contributed by atoms with Crippen LogP contribution >= 0.6 is 22.9 Å². The minimum Gasteiger partial charge on any atom is -0.494 e. The minimum absolute atomic E-state index is 0.183. The molecule has 3 rings (SSSR count). The maximum absolute atomic E-state index is 12.5. The van der Waals surface area contributed by atoms with Crippen molar-refractivity contribution in [2.75, 3.05) is 16.6 Å². The molecule has 3 aromatic rings. The molecule has 142 valence electrons. The largest absolute Gasteiger partial charge is 0.494 e. The first-order valence-electron chi connectivity index (χ1n) is 8.16. The Labute approximate surface area is 167 Å². The number of halogens is 1. The van der Waals surface area contributed by atoms with E-state index in [2.05, 4.69) is 15.0 Å². The van der Waals surface area contributed by atoms with Crippen LogP contribution in [0.25, 0.3) is 0 Å². The first kappa shape index (κ1) is 19.5. The van der Waals surface area contributed by atoms with Gasteiger partial charge in [0.2, 0.25) is 0 Å². The quantitative estimate of drug-likeness (QED) is 0.553. The Morgan fingerprint density at radius 1 is 1.07 bits per heavy atom. The van der Waals surface area contributed by atoms with Crippen LogP contribution in [0.15, 0.2) is 59.6 Å². The van der Waals surface area contributed by atoms with Gasteiger partial charge in [-0.1, -0.05) is 11.6 Å². The van der Waals surface area contributed by atoms with E-state index in [-0.39, 0.29) is 4.90 Å². The van der Waals surface area contributed by atoms with Crippen LogP contribution in [-0.4, -0.2) is 20.0 Å². The van der Waals surface area contributed by atoms with Gasteiger partial charge in [-0.05, 0) is 55.5 Å². The molecule has 0 saturated carbocycles. The van der Waals surface area contributed by atoms with Gasteiger partial charge >= 0.3 is 0 Å². The van der Waals surface area contributed by atoms with Gasteiger partial charge in [-0.25, -0.2) is 13.4 Å². The second kappa shape index (κ2) is 8.60. The summed E-state index contributed by atoms with van der Waals surface area (Å²) in [7, 11) is -3.66. The van der Waals surface area contributed by atoms with Crippen LogP contribution in [0.3, 0.4) is 0 Å². The molecule has 0 amide bonds. The van der Waals surface area contributed by atoms with Crippen molar-refractivity contribution < 1.29 is 13.2 Å². The van der Waals surface area contributed by atoms with Crippen LogP contribution in [0.5, 0.6) is 5.75 Å². The Morgan fingerprint density at radius 3 is 2.33 bits per heavy atom. The van der Waals surface area contributed by atoms with Crippen molar-refractivity contribution in [3.63, 3.8) is 0 Å². The molecular weight excluding hydrogens is 406 g/mol. The van der Waals surface area contributed by atoms with E-state index in [4.69, 9.17) is 16.3 Å². The summed E-state index contributed by atoms with van der Waals surface area (Å²) in [6.07, 6.45) is 1.71. The Bertz CT molecular complexity index is 987. The zero-order valence-corrected chi connectivity index (χ0v) is 16.9. The van der Waals surface area contributed by atoms with Crippen LogP contribution in [0, 0.1) is 0 Å². The number of benzene rings is 2. The number of ether oxygens (including phenoxy) is 1. The lowest BCUT2D eigenvalue weighted by Gasteiger charge is -2.10. The van der Waals surface area contributed by atoms with Gasteiger partial charge in [0.15, 0.2) is 4.47 Å². The average molecular weight is 424 g/mol. The van der Waals surface area contributed by atoms with Crippen LogP contribution in [0.2, 0.25) is 4.47 Å². The molecule has 27 heavy (non-hydrogen) atoms. The molecule has 0 aliphatic rings. The van der Waals surface area contributed by atoms with E-state index in [1.807, 2.05) is 6.92 Å². The smallest absolute Gasteiger partial charge is 0.261 e. The fourth-order valence-corrected chi connectivity index (χ4v) is 4.28. The average Bonchev–Trinajstić information content (AvgIpc) is 3.07. The van der Waals surface area contributed by atoms with E-state index >= 15 is 0 Å². The van der Waals surface area contributed by atoms with Gasteiger partial charge in [-0.15, -0.1) is 11.3 Å². The Hall–Kier alpha value is -2.29. The number of sulfonamides is 1. The number of nitrogens with one attached hydrogen (secondary N) is 2. The SMILES string of the molecule is CCOc1ccc(NS(=O)(=O)c2ccc(NCc3cnc(Cl)s3)cc2)cc1. The normalized spacial score (nSPS) is 11.2. The second-order valence-electron chi connectivity index (χ2n) is 5.52. The first-order chi connectivity index (χ1) is 13.0. The number of rotatable bonds is 8. The summed E-state index contributed by atoms with van der Waals surface area (Å²) in [5.41, 5.74) is 1.28. The third kappa shape index (κ3) is 5.35. The number of hydrogen-bond acceptors (Lipinski definition) is 6. The molecule has 2 aromatic carbocycles. The molecule has 1 aromatic heterocycles. The second-order valence-corrected chi connectivity index (χ2v) is 8.90. The molecule has 6 nitrogen and oxygen atoms in total. The highest BCUT2D eigenvalue weighted by Gasteiger charge is 2.14. The van der Waals surface area contributed by atoms with E-state index in [9.17, 15) is 8.42 Å². The predicted octanol–water partition coefficient (Wildman–Crippen LogP) is 4.61. The van der Waals surface area contributed by atoms with E-state index in [1.54, 1.807) is 54.7 Å². The van der Waals surface area contributed by atoms with Crippen LogP contribution in [0.4, 0.5) is 11.4 Å². The maximum atomic E-state index is 12.5. The summed E-state index contributed by atoms with van der Waals surface area (Å²) in [6, 6.07) is 13.3. The molecule has 0 unspecified atom stereocenters. The number of hydrogen-bond donors (Lipinski definition) is 2. The molecule has 0 atom stereocenters. The summed E-state index contributed by atoms with van der Waals surface area (Å²) in [6.45, 7) is 3.02. The Morgan fingerprint density at radius 2 is 1.74 bits per heavy atom. The highest BCUT2D eigenvalue weighted by molar-refractivity contribution is 7.92. The lowest BCUT2D eigenvalue weighted by Crippen LogP contribution is -2.13. The van der Waals surface area contributed by atoms with Crippen LogP contribution in [0.1, 0.15) is 11.8 Å². The molecule has 0 aliphatic heterocycles. The van der Waals surface area contributed by atoms with Crippen molar-refractivity contribution >= 4 is 44.3 Å². The molecule has 0 radical (unpaired) electrons. The molecule has 0 spiro atoms. The fourth-order valence-electron chi connectivity index (χ4n) is 2.31. The van der Waals surface area contributed by atoms with Crippen molar-refractivity contribution in [1.82, 2.24) is 4.98 Å². The van der Waals surface area contributed by atoms with Gasteiger partial charge in [0.05, 0.1) is 18.0 Å². The fraction of sp³-hybridized carbons (Fsp3) is 0.167. The number of nitrogens with zero attached hydrogens (tertiary/aromatic N) is 1. The molecule has 2 N–H and O–H groups in total. The van der Waals surface area contributed by atoms with Gasteiger partial charge in [-0.3, -0.25) is 4.72 Å². The zero-order chi connectivity index (χ0) is 19.3. The first-order valence-corrected chi connectivity index (χ1v) is 10.8. The topological polar surface area (TPSA) is 80.3 Å². The Balaban J connectivity index is 1.63. The van der Waals surface area contributed by atoms with Crippen molar-refractivity contribution in [3.05, 3.63) is 64.1 Å². The van der Waals surface area contributed by atoms with Crippen molar-refractivity contribution in [2.45, 2.75) is 18.4 Å². The van der Waals surface area contributed by atoms with Crippen molar-refractivity contribution in [1.29, 1.82) is 0 Å². The summed E-state index contributed by atoms with van der Waals surface area (Å²) >= 11 is 7.20. The van der Waals surface area contributed by atoms with Crippen LogP contribution < -0.4 is 14.8 Å². The van der Waals surface area contributed by atoms with E-state index in [1.165, 1.54) is 11.3 Å². The highest BCUT2D eigenvalue weighted by atomic mass is 35.5. The lowest BCUT2D eigenvalue weighted by atomic mass is 10.3. The molecule has 9 heteroatoms. The van der Waals surface area contributed by atoms with Gasteiger partial charge < -0.3 is 10.1 Å². The third-order valence-electron chi connectivity index (χ3n) is 3.57. The maximum Gasteiger partial charge on any atom is 0.261 e. The summed E-state index contributed by atoms with van der Waals surface area (Å²) in [5.74, 6) is 0.693. The van der Waals surface area contributed by atoms with Crippen molar-refractivity contribution in [2.24, 2.45) is 0 Å². The monoisotopic (exact) mass is 423 g/mol. The number of aromatic nitrogens is 1. The number of thiazole rings is 1. The summed E-state index contributed by atoms with van der Waals surface area (Å²) in [5, 5.41) is 3.20. The Kier molecular flexibility index (Phi) is 6.20. The predicted molar refractivity (Wildman–Crippen MR) is 109 cm³/mol. The molecular formula is C18H18ClN3O3S2. The molecule has 0 bridgehead atoms. The highest BCUT2D eigenvalue weighted by Crippen LogP contribution is 2.22. The van der Waals surface area contributed by atoms with Gasteiger partial charge in [0.1, 0.15) is 5.75 Å². The minimum atomic E-state index is -3.66. The van der Waals surface area contributed by atoms with Gasteiger partial charge in [0.25, 0.3) is 10.0 Å². The standard InChI is InChI=1S/C18H18ClN3O3S2/c1-2-25-15-7-3-14(4-8-15)22-27(23,24)17-9-5-13(6-10-17)20-11-16-12-21-18(19)26-16/h3-10,12,20,22H,2,11H2,1H3. The van der Waals surface area contributed by atoms with E-state index in [0.29, 0.717) is 29.1 Å². The van der Waals surface area contributed by atoms with Crippen molar-refractivity contribution in [3.8, 4) is 5.75 Å². The summed E-state index contributed by atoms with van der Waals surface area (Å²) in [4.78, 5) is 5.16. The van der Waals surface area contributed by atoms with Gasteiger partial charge in [0, 0.05) is 22.4 Å². The molecule has 0 fully saturated rings. The summed E-state index contributed by atoms with van der Waals surface area (Å²) < 4.78 is 33.4. The molecule has 0 saturated heterocycles. The third-order valence-corrected chi connectivity index (χ3v) is 6.09. The van der Waals surface area contributed by atoms with Crippen LogP contribution in [-0.2, 0) is 16.6 Å². The molecule has 1 heterocycles. The van der Waals surface area contributed by atoms with E-state index < -0.39 is 10.0 Å². The molecule has 0 aliphatic carbocycles.